The normalized spacial score (nSPS) is 15.4. The van der Waals surface area contributed by atoms with Crippen molar-refractivity contribution in [3.63, 3.8) is 0 Å². The van der Waals surface area contributed by atoms with Crippen molar-refractivity contribution in [3.8, 4) is 5.75 Å². The Balaban J connectivity index is 0.00000144. The van der Waals surface area contributed by atoms with E-state index in [2.05, 4.69) is 5.32 Å². The number of nitrogens with zero attached hydrogens (tertiary/aromatic N) is 1. The molecule has 0 unspecified atom stereocenters. The summed E-state index contributed by atoms with van der Waals surface area (Å²) in [7, 11) is 1.58. The lowest BCUT2D eigenvalue weighted by Gasteiger charge is -2.28. The van der Waals surface area contributed by atoms with E-state index in [1.165, 1.54) is 0 Å². The van der Waals surface area contributed by atoms with Crippen LogP contribution in [0.1, 0.15) is 0 Å². The molecular formula is C11H14Cl2N2O2. The predicted molar refractivity (Wildman–Crippen MR) is 70.5 cm³/mol. The van der Waals surface area contributed by atoms with E-state index in [0.29, 0.717) is 23.9 Å². The highest BCUT2D eigenvalue weighted by Gasteiger charge is 2.21. The van der Waals surface area contributed by atoms with Crippen LogP contribution in [0, 0.1) is 0 Å². The maximum Gasteiger partial charge on any atom is 0.241 e. The molecule has 1 aromatic carbocycles. The fraction of sp³-hybridized carbons (Fsp3) is 0.364. The molecule has 1 fully saturated rings. The first-order chi connectivity index (χ1) is 7.72. The van der Waals surface area contributed by atoms with E-state index in [-0.39, 0.29) is 18.3 Å². The van der Waals surface area contributed by atoms with Gasteiger partial charge in [-0.3, -0.25) is 4.79 Å². The Hall–Kier alpha value is -0.970. The number of hydrogen-bond donors (Lipinski definition) is 1. The molecule has 2 rings (SSSR count). The van der Waals surface area contributed by atoms with Gasteiger partial charge in [-0.25, -0.2) is 0 Å². The Labute approximate surface area is 111 Å². The van der Waals surface area contributed by atoms with E-state index >= 15 is 0 Å². The van der Waals surface area contributed by atoms with Gasteiger partial charge < -0.3 is 15.0 Å². The molecule has 1 saturated heterocycles. The van der Waals surface area contributed by atoms with E-state index in [0.717, 1.165) is 12.2 Å². The summed E-state index contributed by atoms with van der Waals surface area (Å²) in [6.45, 7) is 1.79. The molecule has 0 aromatic heterocycles. The summed E-state index contributed by atoms with van der Waals surface area (Å²) < 4.78 is 5.06. The van der Waals surface area contributed by atoms with E-state index in [4.69, 9.17) is 16.3 Å². The fourth-order valence-electron chi connectivity index (χ4n) is 1.69. The molecule has 0 atom stereocenters. The summed E-state index contributed by atoms with van der Waals surface area (Å²) in [4.78, 5) is 13.4. The molecule has 1 aliphatic heterocycles. The number of rotatable bonds is 2. The first-order valence-electron chi connectivity index (χ1n) is 5.07. The van der Waals surface area contributed by atoms with Gasteiger partial charge in [0, 0.05) is 19.2 Å². The van der Waals surface area contributed by atoms with Gasteiger partial charge in [0.2, 0.25) is 5.91 Å². The molecule has 0 radical (unpaired) electrons. The van der Waals surface area contributed by atoms with Crippen LogP contribution in [0.4, 0.5) is 5.69 Å². The molecule has 17 heavy (non-hydrogen) atoms. The van der Waals surface area contributed by atoms with Gasteiger partial charge in [0.15, 0.2) is 0 Å². The van der Waals surface area contributed by atoms with Crippen molar-refractivity contribution in [2.24, 2.45) is 0 Å². The van der Waals surface area contributed by atoms with E-state index in [9.17, 15) is 4.79 Å². The van der Waals surface area contributed by atoms with Crippen molar-refractivity contribution >= 4 is 35.6 Å². The van der Waals surface area contributed by atoms with Gasteiger partial charge in [0.05, 0.1) is 24.4 Å². The van der Waals surface area contributed by atoms with Gasteiger partial charge in [-0.15, -0.1) is 12.4 Å². The van der Waals surface area contributed by atoms with Gasteiger partial charge in [0.1, 0.15) is 5.75 Å². The standard InChI is InChI=1S/C11H13ClN2O2.ClH/c1-16-8-2-3-10(9(12)6-8)14-5-4-13-7-11(14)15;/h2-3,6,13H,4-5,7H2,1H3;1H. The molecule has 1 aliphatic rings. The van der Waals surface area contributed by atoms with Crippen molar-refractivity contribution in [1.29, 1.82) is 0 Å². The Morgan fingerprint density at radius 2 is 2.24 bits per heavy atom. The zero-order valence-corrected chi connectivity index (χ0v) is 11.0. The Morgan fingerprint density at radius 3 is 2.82 bits per heavy atom. The third-order valence-corrected chi connectivity index (χ3v) is 2.84. The first kappa shape index (κ1) is 14.1. The number of amides is 1. The van der Waals surface area contributed by atoms with Crippen LogP contribution in [0.5, 0.6) is 5.75 Å². The minimum atomic E-state index is 0. The minimum Gasteiger partial charge on any atom is -0.497 e. The van der Waals surface area contributed by atoms with Crippen molar-refractivity contribution in [3.05, 3.63) is 23.2 Å². The van der Waals surface area contributed by atoms with Crippen LogP contribution in [0.25, 0.3) is 0 Å². The van der Waals surface area contributed by atoms with Crippen LogP contribution in [-0.4, -0.2) is 32.7 Å². The number of carbonyl (C=O) groups excluding carboxylic acids is 1. The first-order valence-corrected chi connectivity index (χ1v) is 5.45. The van der Waals surface area contributed by atoms with Crippen molar-refractivity contribution in [2.45, 2.75) is 0 Å². The minimum absolute atomic E-state index is 0. The van der Waals surface area contributed by atoms with Crippen molar-refractivity contribution in [2.75, 3.05) is 31.6 Å². The van der Waals surface area contributed by atoms with E-state index in [1.54, 1.807) is 24.1 Å². The highest BCUT2D eigenvalue weighted by Crippen LogP contribution is 2.30. The summed E-state index contributed by atoms with van der Waals surface area (Å²) in [5, 5.41) is 3.55. The summed E-state index contributed by atoms with van der Waals surface area (Å²) in [6.07, 6.45) is 0. The molecule has 0 saturated carbocycles. The predicted octanol–water partition coefficient (Wildman–Crippen LogP) is 1.71. The van der Waals surface area contributed by atoms with Crippen molar-refractivity contribution in [1.82, 2.24) is 5.32 Å². The SMILES string of the molecule is COc1ccc(N2CCNCC2=O)c(Cl)c1.Cl. The van der Waals surface area contributed by atoms with Crippen LogP contribution >= 0.6 is 24.0 Å². The second-order valence-corrected chi connectivity index (χ2v) is 3.95. The molecule has 0 aliphatic carbocycles. The van der Waals surface area contributed by atoms with Gasteiger partial charge >= 0.3 is 0 Å². The topological polar surface area (TPSA) is 41.6 Å². The molecule has 4 nitrogen and oxygen atoms in total. The summed E-state index contributed by atoms with van der Waals surface area (Å²) >= 11 is 6.11. The molecule has 94 valence electrons. The number of ether oxygens (including phenoxy) is 1. The number of nitrogens with one attached hydrogen (secondary N) is 1. The molecule has 0 spiro atoms. The van der Waals surface area contributed by atoms with Crippen LogP contribution in [0.2, 0.25) is 5.02 Å². The second-order valence-electron chi connectivity index (χ2n) is 3.54. The smallest absolute Gasteiger partial charge is 0.241 e. The van der Waals surface area contributed by atoms with Crippen LogP contribution in [-0.2, 0) is 4.79 Å². The largest absolute Gasteiger partial charge is 0.497 e. The quantitative estimate of drug-likeness (QED) is 0.894. The fourth-order valence-corrected chi connectivity index (χ4v) is 1.97. The Morgan fingerprint density at radius 1 is 1.47 bits per heavy atom. The lowest BCUT2D eigenvalue weighted by molar-refractivity contribution is -0.118. The average molecular weight is 277 g/mol. The number of anilines is 1. The third kappa shape index (κ3) is 3.03. The monoisotopic (exact) mass is 276 g/mol. The van der Waals surface area contributed by atoms with E-state index < -0.39 is 0 Å². The number of piperazine rings is 1. The molecule has 1 aromatic rings. The van der Waals surface area contributed by atoms with Crippen molar-refractivity contribution < 1.29 is 9.53 Å². The third-order valence-electron chi connectivity index (χ3n) is 2.54. The average Bonchev–Trinajstić information content (AvgIpc) is 2.30. The van der Waals surface area contributed by atoms with Gasteiger partial charge in [-0.2, -0.15) is 0 Å². The summed E-state index contributed by atoms with van der Waals surface area (Å²) in [6, 6.07) is 5.33. The van der Waals surface area contributed by atoms with E-state index in [1.807, 2.05) is 6.07 Å². The van der Waals surface area contributed by atoms with Gasteiger partial charge in [0.25, 0.3) is 0 Å². The van der Waals surface area contributed by atoms with Gasteiger partial charge in [-0.05, 0) is 12.1 Å². The van der Waals surface area contributed by atoms with Crippen LogP contribution in [0.3, 0.4) is 0 Å². The summed E-state index contributed by atoms with van der Waals surface area (Å²) in [5.74, 6) is 0.731. The second kappa shape index (κ2) is 6.10. The molecule has 1 N–H and O–H groups in total. The number of carbonyl (C=O) groups is 1. The molecule has 1 heterocycles. The molecule has 6 heteroatoms. The zero-order valence-electron chi connectivity index (χ0n) is 9.40. The van der Waals surface area contributed by atoms with Crippen LogP contribution < -0.4 is 15.0 Å². The number of hydrogen-bond acceptors (Lipinski definition) is 3. The Bertz CT molecular complexity index is 412. The molecule has 1 amide bonds. The van der Waals surface area contributed by atoms with Gasteiger partial charge in [-0.1, -0.05) is 11.6 Å². The molecular weight excluding hydrogens is 263 g/mol. The number of methoxy groups -OCH3 is 1. The highest BCUT2D eigenvalue weighted by molar-refractivity contribution is 6.34. The maximum atomic E-state index is 11.7. The lowest BCUT2D eigenvalue weighted by atomic mass is 10.2. The maximum absolute atomic E-state index is 11.7. The summed E-state index contributed by atoms with van der Waals surface area (Å²) in [5.41, 5.74) is 0.744. The number of benzene rings is 1. The highest BCUT2D eigenvalue weighted by atomic mass is 35.5. The van der Waals surface area contributed by atoms with Crippen LogP contribution in [0.15, 0.2) is 18.2 Å². The molecule has 0 bridgehead atoms. The lowest BCUT2D eigenvalue weighted by Crippen LogP contribution is -2.48. The number of halogens is 2. The zero-order chi connectivity index (χ0) is 11.5. The Kier molecular flexibility index (Phi) is 5.05.